The topological polar surface area (TPSA) is 61.0 Å². The molecule has 6 heteroatoms. The number of aromatic nitrogens is 2. The molecular weight excluding hydrogens is 288 g/mol. The predicted octanol–water partition coefficient (Wildman–Crippen LogP) is 2.27. The molecule has 21 heavy (non-hydrogen) atoms. The highest BCUT2D eigenvalue weighted by Crippen LogP contribution is 2.27. The van der Waals surface area contributed by atoms with Gasteiger partial charge in [-0.1, -0.05) is 12.8 Å². The number of nitrogens with zero attached hydrogens (tertiary/aromatic N) is 2. The summed E-state index contributed by atoms with van der Waals surface area (Å²) in [6.45, 7) is 5.92. The third-order valence-corrected chi connectivity index (χ3v) is 4.52. The zero-order valence-corrected chi connectivity index (χ0v) is 13.6. The van der Waals surface area contributed by atoms with E-state index in [4.69, 9.17) is 0 Å². The predicted molar refractivity (Wildman–Crippen MR) is 84.8 cm³/mol. The van der Waals surface area contributed by atoms with Gasteiger partial charge in [0, 0.05) is 42.9 Å². The zero-order chi connectivity index (χ0) is 14.1. The zero-order valence-electron chi connectivity index (χ0n) is 12.8. The van der Waals surface area contributed by atoms with E-state index in [-0.39, 0.29) is 24.4 Å². The number of aromatic amines is 1. The lowest BCUT2D eigenvalue weighted by Gasteiger charge is -2.32. The molecule has 0 radical (unpaired) electrons. The summed E-state index contributed by atoms with van der Waals surface area (Å²) < 4.78 is 0. The third kappa shape index (κ3) is 3.09. The van der Waals surface area contributed by atoms with Gasteiger partial charge in [-0.05, 0) is 26.7 Å². The van der Waals surface area contributed by atoms with Crippen LogP contribution in [0.15, 0.2) is 0 Å². The Bertz CT molecular complexity index is 494. The number of hydrogen-bond acceptors (Lipinski definition) is 3. The monoisotopic (exact) mass is 312 g/mol. The van der Waals surface area contributed by atoms with Crippen LogP contribution < -0.4 is 5.32 Å². The first kappa shape index (κ1) is 16.3. The first-order valence-corrected chi connectivity index (χ1v) is 7.78. The summed E-state index contributed by atoms with van der Waals surface area (Å²) in [6.07, 6.45) is 5.67. The molecule has 0 saturated heterocycles. The second-order valence-electron chi connectivity index (χ2n) is 6.20. The Labute approximate surface area is 132 Å². The molecule has 1 aliphatic carbocycles. The molecule has 118 valence electrons. The molecule has 2 aliphatic rings. The first-order chi connectivity index (χ1) is 9.68. The molecule has 1 fully saturated rings. The molecule has 5 nitrogen and oxygen atoms in total. The Morgan fingerprint density at radius 3 is 2.71 bits per heavy atom. The highest BCUT2D eigenvalue weighted by atomic mass is 35.5. The molecule has 1 aromatic rings. The van der Waals surface area contributed by atoms with E-state index in [1.807, 2.05) is 0 Å². The first-order valence-electron chi connectivity index (χ1n) is 7.78. The van der Waals surface area contributed by atoms with E-state index in [1.165, 1.54) is 12.8 Å². The molecule has 0 aromatic carbocycles. The van der Waals surface area contributed by atoms with Crippen LogP contribution in [-0.2, 0) is 13.0 Å². The minimum absolute atomic E-state index is 0. The number of rotatable bonds is 3. The molecule has 1 amide bonds. The summed E-state index contributed by atoms with van der Waals surface area (Å²) in [7, 11) is 0. The van der Waals surface area contributed by atoms with Crippen LogP contribution in [0.2, 0.25) is 0 Å². The van der Waals surface area contributed by atoms with Crippen LogP contribution in [0.1, 0.15) is 61.3 Å². The molecule has 1 aromatic heterocycles. The third-order valence-electron chi connectivity index (χ3n) is 4.52. The Morgan fingerprint density at radius 1 is 1.33 bits per heavy atom. The number of nitrogens with one attached hydrogen (secondary N) is 2. The van der Waals surface area contributed by atoms with Gasteiger partial charge in [0.2, 0.25) is 0 Å². The lowest BCUT2D eigenvalue weighted by atomic mass is 10.0. The van der Waals surface area contributed by atoms with Crippen molar-refractivity contribution in [2.75, 3.05) is 6.54 Å². The lowest BCUT2D eigenvalue weighted by molar-refractivity contribution is 0.0606. The largest absolute Gasteiger partial charge is 0.332 e. The summed E-state index contributed by atoms with van der Waals surface area (Å²) in [6, 6.07) is 0.626. The molecule has 0 atom stereocenters. The summed E-state index contributed by atoms with van der Waals surface area (Å²) in [5.74, 6) is 0.105. The molecule has 1 saturated carbocycles. The van der Waals surface area contributed by atoms with Crippen molar-refractivity contribution in [3.05, 3.63) is 17.0 Å². The Kier molecular flexibility index (Phi) is 5.27. The molecule has 0 spiro atoms. The van der Waals surface area contributed by atoms with Gasteiger partial charge in [-0.2, -0.15) is 5.10 Å². The van der Waals surface area contributed by atoms with Crippen molar-refractivity contribution in [1.29, 1.82) is 0 Å². The van der Waals surface area contributed by atoms with E-state index in [1.54, 1.807) is 0 Å². The van der Waals surface area contributed by atoms with Crippen molar-refractivity contribution in [2.45, 2.75) is 64.6 Å². The van der Waals surface area contributed by atoms with E-state index in [9.17, 15) is 4.79 Å². The number of hydrogen-bond donors (Lipinski definition) is 2. The van der Waals surface area contributed by atoms with Gasteiger partial charge in [0.25, 0.3) is 5.91 Å². The summed E-state index contributed by atoms with van der Waals surface area (Å²) in [5, 5.41) is 10.7. The summed E-state index contributed by atoms with van der Waals surface area (Å²) >= 11 is 0. The van der Waals surface area contributed by atoms with Gasteiger partial charge < -0.3 is 10.2 Å². The van der Waals surface area contributed by atoms with Gasteiger partial charge in [0.05, 0.1) is 0 Å². The maximum atomic E-state index is 12.9. The van der Waals surface area contributed by atoms with E-state index < -0.39 is 0 Å². The highest BCUT2D eigenvalue weighted by Gasteiger charge is 2.32. The lowest BCUT2D eigenvalue weighted by Crippen LogP contribution is -2.44. The quantitative estimate of drug-likeness (QED) is 0.900. The molecule has 0 unspecified atom stereocenters. The second-order valence-corrected chi connectivity index (χ2v) is 6.20. The molecule has 3 rings (SSSR count). The molecule has 2 N–H and O–H groups in total. The maximum Gasteiger partial charge on any atom is 0.275 e. The van der Waals surface area contributed by atoms with Gasteiger partial charge in [-0.3, -0.25) is 9.89 Å². The van der Waals surface area contributed by atoms with Crippen molar-refractivity contribution in [3.63, 3.8) is 0 Å². The number of H-pyrrole nitrogens is 1. The number of halogens is 1. The van der Waals surface area contributed by atoms with Crippen LogP contribution in [0.25, 0.3) is 0 Å². The molecule has 1 aliphatic heterocycles. The molecular formula is C15H25ClN4O. The van der Waals surface area contributed by atoms with Crippen molar-refractivity contribution < 1.29 is 4.79 Å². The Morgan fingerprint density at radius 2 is 2.05 bits per heavy atom. The van der Waals surface area contributed by atoms with E-state index >= 15 is 0 Å². The number of fused-ring (bicyclic) bond motifs is 1. The molecule has 0 bridgehead atoms. The SMILES string of the molecule is CC(C)N(C(=O)c1n[nH]c2c1CNCC2)C1CCCC1.Cl. The summed E-state index contributed by atoms with van der Waals surface area (Å²) in [4.78, 5) is 15.0. The summed E-state index contributed by atoms with van der Waals surface area (Å²) in [5.41, 5.74) is 2.83. The van der Waals surface area contributed by atoms with Crippen LogP contribution in [0.3, 0.4) is 0 Å². The fraction of sp³-hybridized carbons (Fsp3) is 0.733. The number of amides is 1. The van der Waals surface area contributed by atoms with Crippen LogP contribution >= 0.6 is 12.4 Å². The van der Waals surface area contributed by atoms with Gasteiger partial charge in [0.15, 0.2) is 5.69 Å². The fourth-order valence-corrected chi connectivity index (χ4v) is 3.53. The van der Waals surface area contributed by atoms with E-state index in [0.29, 0.717) is 11.7 Å². The van der Waals surface area contributed by atoms with Gasteiger partial charge in [-0.15, -0.1) is 12.4 Å². The average molecular weight is 313 g/mol. The van der Waals surface area contributed by atoms with Crippen molar-refractivity contribution in [3.8, 4) is 0 Å². The fourth-order valence-electron chi connectivity index (χ4n) is 3.53. The van der Waals surface area contributed by atoms with E-state index in [2.05, 4.69) is 34.3 Å². The highest BCUT2D eigenvalue weighted by molar-refractivity contribution is 5.94. The van der Waals surface area contributed by atoms with Crippen molar-refractivity contribution in [2.24, 2.45) is 0 Å². The van der Waals surface area contributed by atoms with Crippen LogP contribution in [-0.4, -0.2) is 39.6 Å². The minimum atomic E-state index is 0. The Balaban J connectivity index is 0.00000161. The normalized spacial score (nSPS) is 18.4. The maximum absolute atomic E-state index is 12.9. The minimum Gasteiger partial charge on any atom is -0.332 e. The number of carbonyl (C=O) groups is 1. The van der Waals surface area contributed by atoms with Crippen LogP contribution in [0, 0.1) is 0 Å². The van der Waals surface area contributed by atoms with Crippen molar-refractivity contribution in [1.82, 2.24) is 20.4 Å². The number of carbonyl (C=O) groups excluding carboxylic acids is 1. The average Bonchev–Trinajstić information content (AvgIpc) is 3.07. The van der Waals surface area contributed by atoms with Gasteiger partial charge in [-0.25, -0.2) is 0 Å². The van der Waals surface area contributed by atoms with Crippen molar-refractivity contribution >= 4 is 18.3 Å². The smallest absolute Gasteiger partial charge is 0.275 e. The van der Waals surface area contributed by atoms with Gasteiger partial charge >= 0.3 is 0 Å². The van der Waals surface area contributed by atoms with Gasteiger partial charge in [0.1, 0.15) is 0 Å². The van der Waals surface area contributed by atoms with Crippen LogP contribution in [0.4, 0.5) is 0 Å². The Hall–Kier alpha value is -1.07. The second kappa shape index (κ2) is 6.79. The molecule has 2 heterocycles. The van der Waals surface area contributed by atoms with E-state index in [0.717, 1.165) is 43.6 Å². The standard InChI is InChI=1S/C15H24N4O.ClH/c1-10(2)19(11-5-3-4-6-11)15(20)14-12-9-16-8-7-13(12)17-18-14;/h10-11,16H,3-9H2,1-2H3,(H,17,18);1H. The van der Waals surface area contributed by atoms with Crippen LogP contribution in [0.5, 0.6) is 0 Å².